The van der Waals surface area contributed by atoms with Gasteiger partial charge in [-0.3, -0.25) is 4.79 Å². The highest BCUT2D eigenvalue weighted by atomic mass is 16.6. The second-order valence-electron chi connectivity index (χ2n) is 5.77. The van der Waals surface area contributed by atoms with E-state index in [0.717, 1.165) is 5.56 Å². The number of rotatable bonds is 2. The molecule has 0 aliphatic rings. The molecule has 0 unspecified atom stereocenters. The molecule has 0 atom stereocenters. The van der Waals surface area contributed by atoms with Gasteiger partial charge in [0.05, 0.1) is 0 Å². The van der Waals surface area contributed by atoms with Crippen molar-refractivity contribution in [3.05, 3.63) is 57.9 Å². The molecule has 21 heavy (non-hydrogen) atoms. The van der Waals surface area contributed by atoms with Crippen molar-refractivity contribution in [1.82, 2.24) is 0 Å². The number of aryl methyl sites for hydroxylation is 1. The highest BCUT2D eigenvalue weighted by Gasteiger charge is 2.23. The number of ether oxygens (including phenoxy) is 1. The van der Waals surface area contributed by atoms with Crippen LogP contribution in [0, 0.1) is 6.92 Å². The lowest BCUT2D eigenvalue weighted by molar-refractivity contribution is 0.00644. The van der Waals surface area contributed by atoms with E-state index in [4.69, 9.17) is 9.15 Å². The van der Waals surface area contributed by atoms with Crippen molar-refractivity contribution in [2.75, 3.05) is 0 Å². The van der Waals surface area contributed by atoms with Crippen LogP contribution >= 0.6 is 0 Å². The van der Waals surface area contributed by atoms with Crippen LogP contribution in [0.2, 0.25) is 0 Å². The van der Waals surface area contributed by atoms with Crippen molar-refractivity contribution >= 4 is 5.97 Å². The molecule has 2 aromatic rings. The van der Waals surface area contributed by atoms with E-state index in [1.807, 2.05) is 30.3 Å². The number of esters is 1. The van der Waals surface area contributed by atoms with E-state index in [1.54, 1.807) is 27.7 Å². The third kappa shape index (κ3) is 3.60. The van der Waals surface area contributed by atoms with Crippen LogP contribution in [0.4, 0.5) is 0 Å². The van der Waals surface area contributed by atoms with Gasteiger partial charge in [-0.25, -0.2) is 4.79 Å². The van der Waals surface area contributed by atoms with Crippen LogP contribution in [0.5, 0.6) is 0 Å². The summed E-state index contributed by atoms with van der Waals surface area (Å²) >= 11 is 0. The normalized spacial score (nSPS) is 11.2. The summed E-state index contributed by atoms with van der Waals surface area (Å²) in [5.74, 6) is 0.0365. The summed E-state index contributed by atoms with van der Waals surface area (Å²) in [7, 11) is 0. The molecular weight excluding hydrogens is 268 g/mol. The maximum absolute atomic E-state index is 12.2. The van der Waals surface area contributed by atoms with Gasteiger partial charge in [0.2, 0.25) is 0 Å². The van der Waals surface area contributed by atoms with E-state index >= 15 is 0 Å². The van der Waals surface area contributed by atoms with E-state index < -0.39 is 17.0 Å². The van der Waals surface area contributed by atoms with Gasteiger partial charge in [-0.1, -0.05) is 30.3 Å². The van der Waals surface area contributed by atoms with Gasteiger partial charge in [0.25, 0.3) is 0 Å². The van der Waals surface area contributed by atoms with Gasteiger partial charge >= 0.3 is 5.97 Å². The molecule has 0 saturated heterocycles. The van der Waals surface area contributed by atoms with E-state index in [1.165, 1.54) is 6.07 Å². The summed E-state index contributed by atoms with van der Waals surface area (Å²) < 4.78 is 10.8. The van der Waals surface area contributed by atoms with Crippen LogP contribution in [0.3, 0.4) is 0 Å². The second-order valence-corrected chi connectivity index (χ2v) is 5.77. The fraction of sp³-hybridized carbons (Fsp3) is 0.294. The fourth-order valence-corrected chi connectivity index (χ4v) is 1.93. The quantitative estimate of drug-likeness (QED) is 0.792. The first kappa shape index (κ1) is 15.0. The third-order valence-electron chi connectivity index (χ3n) is 2.79. The zero-order valence-corrected chi connectivity index (χ0v) is 12.6. The Kier molecular flexibility index (Phi) is 3.98. The first-order chi connectivity index (χ1) is 9.78. The van der Waals surface area contributed by atoms with Crippen LogP contribution in [0.15, 0.2) is 45.6 Å². The summed E-state index contributed by atoms with van der Waals surface area (Å²) in [5, 5.41) is 0. The number of benzene rings is 1. The minimum absolute atomic E-state index is 0.0513. The van der Waals surface area contributed by atoms with Crippen LogP contribution in [0.25, 0.3) is 11.3 Å². The first-order valence-corrected chi connectivity index (χ1v) is 6.71. The van der Waals surface area contributed by atoms with Gasteiger partial charge in [-0.05, 0) is 27.7 Å². The Morgan fingerprint density at radius 1 is 1.14 bits per heavy atom. The maximum atomic E-state index is 12.2. The molecule has 0 saturated carbocycles. The lowest BCUT2D eigenvalue weighted by Crippen LogP contribution is -2.28. The lowest BCUT2D eigenvalue weighted by atomic mass is 10.1. The van der Waals surface area contributed by atoms with Crippen molar-refractivity contribution in [2.45, 2.75) is 33.3 Å². The summed E-state index contributed by atoms with van der Waals surface area (Å²) in [6.45, 7) is 6.84. The van der Waals surface area contributed by atoms with Crippen LogP contribution in [-0.2, 0) is 4.74 Å². The molecular formula is C17H18O4. The number of hydrogen-bond donors (Lipinski definition) is 0. The zero-order valence-electron chi connectivity index (χ0n) is 12.6. The van der Waals surface area contributed by atoms with Gasteiger partial charge in [0.1, 0.15) is 22.7 Å². The smallest absolute Gasteiger partial charge is 0.346 e. The van der Waals surface area contributed by atoms with Crippen molar-refractivity contribution in [3.63, 3.8) is 0 Å². The summed E-state index contributed by atoms with van der Waals surface area (Å²) in [6.07, 6.45) is 0. The van der Waals surface area contributed by atoms with E-state index in [-0.39, 0.29) is 11.3 Å². The molecule has 4 heteroatoms. The Bertz CT molecular complexity index is 706. The summed E-state index contributed by atoms with van der Waals surface area (Å²) in [5.41, 5.74) is -0.321. The Morgan fingerprint density at radius 3 is 2.29 bits per heavy atom. The monoisotopic (exact) mass is 286 g/mol. The van der Waals surface area contributed by atoms with Gasteiger partial charge in [-0.15, -0.1) is 0 Å². The Labute approximate surface area is 123 Å². The van der Waals surface area contributed by atoms with E-state index in [9.17, 15) is 9.59 Å². The fourth-order valence-electron chi connectivity index (χ4n) is 1.93. The lowest BCUT2D eigenvalue weighted by Gasteiger charge is -2.19. The molecule has 0 spiro atoms. The molecule has 110 valence electrons. The molecule has 0 bridgehead atoms. The molecule has 0 aliphatic carbocycles. The minimum atomic E-state index is -0.659. The number of carbonyl (C=O) groups is 1. The average molecular weight is 286 g/mol. The molecule has 0 radical (unpaired) electrons. The molecule has 1 aromatic carbocycles. The van der Waals surface area contributed by atoms with Gasteiger partial charge in [0, 0.05) is 11.6 Å². The Morgan fingerprint density at radius 2 is 1.76 bits per heavy atom. The highest BCUT2D eigenvalue weighted by Crippen LogP contribution is 2.21. The average Bonchev–Trinajstić information content (AvgIpc) is 2.36. The van der Waals surface area contributed by atoms with Gasteiger partial charge in [-0.2, -0.15) is 0 Å². The summed E-state index contributed by atoms with van der Waals surface area (Å²) in [4.78, 5) is 24.3. The first-order valence-electron chi connectivity index (χ1n) is 6.71. The Hall–Kier alpha value is -2.36. The van der Waals surface area contributed by atoms with Crippen molar-refractivity contribution < 1.29 is 13.9 Å². The van der Waals surface area contributed by atoms with Gasteiger partial charge < -0.3 is 9.15 Å². The molecule has 1 aromatic heterocycles. The zero-order chi connectivity index (χ0) is 15.6. The predicted molar refractivity (Wildman–Crippen MR) is 80.3 cm³/mol. The standard InChI is InChI=1S/C17H18O4/c1-11-15(16(19)21-17(2,3)4)13(18)10-14(20-11)12-8-6-5-7-9-12/h5-10H,1-4H3. The second kappa shape index (κ2) is 5.56. The largest absolute Gasteiger partial charge is 0.460 e. The van der Waals surface area contributed by atoms with Crippen LogP contribution < -0.4 is 5.43 Å². The SMILES string of the molecule is Cc1oc(-c2ccccc2)cc(=O)c1C(=O)OC(C)(C)C. The number of carbonyl (C=O) groups excluding carboxylic acids is 1. The van der Waals surface area contributed by atoms with Crippen molar-refractivity contribution in [3.8, 4) is 11.3 Å². The number of hydrogen-bond acceptors (Lipinski definition) is 4. The van der Waals surface area contributed by atoms with E-state index in [2.05, 4.69) is 0 Å². The molecule has 2 rings (SSSR count). The molecule has 0 N–H and O–H groups in total. The highest BCUT2D eigenvalue weighted by molar-refractivity contribution is 5.90. The van der Waals surface area contributed by atoms with E-state index in [0.29, 0.717) is 5.76 Å². The predicted octanol–water partition coefficient (Wildman–Crippen LogP) is 3.57. The van der Waals surface area contributed by atoms with Gasteiger partial charge in [0.15, 0.2) is 5.43 Å². The minimum Gasteiger partial charge on any atom is -0.460 e. The third-order valence-corrected chi connectivity index (χ3v) is 2.79. The Balaban J connectivity index is 2.44. The summed E-state index contributed by atoms with van der Waals surface area (Å²) in [6, 6.07) is 10.6. The van der Waals surface area contributed by atoms with Crippen LogP contribution in [0.1, 0.15) is 36.9 Å². The molecule has 0 fully saturated rings. The van der Waals surface area contributed by atoms with Crippen molar-refractivity contribution in [1.29, 1.82) is 0 Å². The topological polar surface area (TPSA) is 56.5 Å². The molecule has 1 heterocycles. The van der Waals surface area contributed by atoms with Crippen molar-refractivity contribution in [2.24, 2.45) is 0 Å². The maximum Gasteiger partial charge on any atom is 0.346 e. The van der Waals surface area contributed by atoms with Crippen LogP contribution in [-0.4, -0.2) is 11.6 Å². The molecule has 0 amide bonds. The molecule has 4 nitrogen and oxygen atoms in total. The molecule has 0 aliphatic heterocycles.